The maximum atomic E-state index is 13.9. The Balaban J connectivity index is 2.35. The Morgan fingerprint density at radius 1 is 1.13 bits per heavy atom. The lowest BCUT2D eigenvalue weighted by Gasteiger charge is -2.16. The number of benzene rings is 2. The Kier molecular flexibility index (Phi) is 7.17. The maximum Gasteiger partial charge on any atom is 0.417 e. The molecule has 2 rings (SSSR count). The van der Waals surface area contributed by atoms with Gasteiger partial charge in [-0.15, -0.1) is 0 Å². The van der Waals surface area contributed by atoms with Crippen molar-refractivity contribution in [2.24, 2.45) is 4.99 Å². The molecule has 0 radical (unpaired) electrons. The van der Waals surface area contributed by atoms with E-state index >= 15 is 0 Å². The van der Waals surface area contributed by atoms with Crippen molar-refractivity contribution < 1.29 is 31.5 Å². The van der Waals surface area contributed by atoms with Crippen molar-refractivity contribution >= 4 is 18.0 Å². The first kappa shape index (κ1) is 23.3. The van der Waals surface area contributed by atoms with Gasteiger partial charge in [-0.05, 0) is 44.0 Å². The molecule has 162 valence electrons. The molecule has 0 aliphatic heterocycles. The fourth-order valence-corrected chi connectivity index (χ4v) is 2.50. The van der Waals surface area contributed by atoms with Crippen LogP contribution in [0.4, 0.5) is 27.6 Å². The van der Waals surface area contributed by atoms with E-state index in [0.717, 1.165) is 12.1 Å². The van der Waals surface area contributed by atoms with Crippen LogP contribution in [0.5, 0.6) is 0 Å². The Morgan fingerprint density at radius 3 is 2.40 bits per heavy atom. The summed E-state index contributed by atoms with van der Waals surface area (Å²) in [7, 11) is 1.71. The normalized spacial score (nSPS) is 11.8. The second kappa shape index (κ2) is 9.23. The van der Waals surface area contributed by atoms with E-state index in [-0.39, 0.29) is 16.8 Å². The summed E-state index contributed by atoms with van der Waals surface area (Å²) in [5.41, 5.74) is -1.80. The predicted molar refractivity (Wildman–Crippen MR) is 103 cm³/mol. The van der Waals surface area contributed by atoms with Crippen LogP contribution in [0.1, 0.15) is 39.5 Å². The van der Waals surface area contributed by atoms with E-state index in [9.17, 15) is 26.7 Å². The number of esters is 1. The number of ether oxygens (including phenoxy) is 1. The van der Waals surface area contributed by atoms with Crippen LogP contribution in [0.25, 0.3) is 0 Å². The number of alkyl halides is 3. The van der Waals surface area contributed by atoms with Gasteiger partial charge in [-0.2, -0.15) is 13.2 Å². The van der Waals surface area contributed by atoms with Crippen LogP contribution in [0.15, 0.2) is 29.3 Å². The molecule has 0 aromatic heterocycles. The van der Waals surface area contributed by atoms with Gasteiger partial charge >= 0.3 is 12.1 Å². The van der Waals surface area contributed by atoms with Gasteiger partial charge in [0, 0.05) is 19.2 Å². The van der Waals surface area contributed by atoms with Gasteiger partial charge in [0.25, 0.3) is 0 Å². The largest absolute Gasteiger partial charge is 0.457 e. The van der Waals surface area contributed by atoms with E-state index in [1.807, 2.05) is 6.92 Å². The van der Waals surface area contributed by atoms with Gasteiger partial charge in [-0.25, -0.2) is 18.6 Å². The Labute approximate surface area is 171 Å². The minimum absolute atomic E-state index is 0.0471. The zero-order valence-corrected chi connectivity index (χ0v) is 16.9. The predicted octanol–water partition coefficient (Wildman–Crippen LogP) is 5.57. The molecular formula is C21H21F5N2O2. The molecule has 0 N–H and O–H groups in total. The van der Waals surface area contributed by atoms with Crippen LogP contribution in [0, 0.1) is 25.5 Å². The number of aliphatic imine (C=N–C) groups is 1. The summed E-state index contributed by atoms with van der Waals surface area (Å²) in [6.45, 7) is 4.61. The van der Waals surface area contributed by atoms with E-state index < -0.39 is 41.5 Å². The Morgan fingerprint density at radius 2 is 1.80 bits per heavy atom. The van der Waals surface area contributed by atoms with Crippen LogP contribution < -0.4 is 0 Å². The number of rotatable bonds is 6. The molecule has 0 unspecified atom stereocenters. The SMILES string of the molecule is CCN(C)/C=N/c1cc(C(F)(F)F)c(C(=O)OCc2ccc(C)c(F)c2F)cc1C. The molecule has 0 saturated heterocycles. The minimum Gasteiger partial charge on any atom is -0.457 e. The first-order valence-electron chi connectivity index (χ1n) is 9.02. The van der Waals surface area contributed by atoms with E-state index in [1.54, 1.807) is 11.9 Å². The lowest BCUT2D eigenvalue weighted by molar-refractivity contribution is -0.138. The summed E-state index contributed by atoms with van der Waals surface area (Å²) in [5, 5.41) is 0. The number of nitrogens with zero attached hydrogens (tertiary/aromatic N) is 2. The topological polar surface area (TPSA) is 41.9 Å². The highest BCUT2D eigenvalue weighted by molar-refractivity contribution is 5.92. The van der Waals surface area contributed by atoms with Crippen molar-refractivity contribution in [1.29, 1.82) is 0 Å². The Hall–Kier alpha value is -2.97. The van der Waals surface area contributed by atoms with Crippen LogP contribution in [0.3, 0.4) is 0 Å². The molecule has 0 atom stereocenters. The summed E-state index contributed by atoms with van der Waals surface area (Å²) in [4.78, 5) is 18.0. The Bertz CT molecular complexity index is 971. The zero-order chi connectivity index (χ0) is 22.6. The van der Waals surface area contributed by atoms with Crippen molar-refractivity contribution in [3.8, 4) is 0 Å². The summed E-state index contributed by atoms with van der Waals surface area (Å²) >= 11 is 0. The molecule has 0 heterocycles. The lowest BCUT2D eigenvalue weighted by Crippen LogP contribution is -2.16. The van der Waals surface area contributed by atoms with Crippen molar-refractivity contribution in [3.63, 3.8) is 0 Å². The van der Waals surface area contributed by atoms with Crippen LogP contribution in [-0.4, -0.2) is 30.8 Å². The van der Waals surface area contributed by atoms with Crippen molar-refractivity contribution in [2.45, 2.75) is 33.6 Å². The highest BCUT2D eigenvalue weighted by Gasteiger charge is 2.36. The first-order valence-corrected chi connectivity index (χ1v) is 9.02. The number of carbonyl (C=O) groups is 1. The molecule has 0 fully saturated rings. The van der Waals surface area contributed by atoms with Crippen molar-refractivity contribution in [3.05, 3.63) is 63.7 Å². The quantitative estimate of drug-likeness (QED) is 0.262. The molecule has 0 aliphatic carbocycles. The molecule has 2 aromatic rings. The smallest absolute Gasteiger partial charge is 0.417 e. The van der Waals surface area contributed by atoms with Crippen molar-refractivity contribution in [2.75, 3.05) is 13.6 Å². The van der Waals surface area contributed by atoms with Gasteiger partial charge in [0.05, 0.1) is 23.2 Å². The molecule has 0 spiro atoms. The molecule has 0 amide bonds. The number of halogens is 5. The van der Waals surface area contributed by atoms with Gasteiger partial charge in [0.15, 0.2) is 11.6 Å². The highest BCUT2D eigenvalue weighted by Crippen LogP contribution is 2.36. The fraction of sp³-hybridized carbons (Fsp3) is 0.333. The standard InChI is InChI=1S/C21H21F5N2O2/c1-5-28(4)11-27-17-9-16(21(24,25)26)15(8-13(17)3)20(29)30-10-14-7-6-12(2)18(22)19(14)23/h6-9,11H,5,10H2,1-4H3/b27-11+. The summed E-state index contributed by atoms with van der Waals surface area (Å²) in [6, 6.07) is 4.28. The average Bonchev–Trinajstić information content (AvgIpc) is 2.68. The first-order chi connectivity index (χ1) is 14.0. The lowest BCUT2D eigenvalue weighted by atomic mass is 10.0. The number of hydrogen-bond acceptors (Lipinski definition) is 3. The van der Waals surface area contributed by atoms with E-state index in [0.29, 0.717) is 12.1 Å². The van der Waals surface area contributed by atoms with Gasteiger partial charge in [0.2, 0.25) is 0 Å². The summed E-state index contributed by atoms with van der Waals surface area (Å²) in [5.74, 6) is -3.61. The molecule has 0 aliphatic rings. The second-order valence-corrected chi connectivity index (χ2v) is 6.75. The fourth-order valence-electron chi connectivity index (χ4n) is 2.50. The molecule has 0 bridgehead atoms. The van der Waals surface area contributed by atoms with Crippen LogP contribution >= 0.6 is 0 Å². The third-order valence-corrected chi connectivity index (χ3v) is 4.47. The van der Waals surface area contributed by atoms with Gasteiger partial charge < -0.3 is 9.64 Å². The minimum atomic E-state index is -4.84. The van der Waals surface area contributed by atoms with Crippen molar-refractivity contribution in [1.82, 2.24) is 4.90 Å². The van der Waals surface area contributed by atoms with Gasteiger partial charge in [-0.3, -0.25) is 0 Å². The second-order valence-electron chi connectivity index (χ2n) is 6.75. The summed E-state index contributed by atoms with van der Waals surface area (Å²) < 4.78 is 73.0. The maximum absolute atomic E-state index is 13.9. The number of carbonyl (C=O) groups excluding carboxylic acids is 1. The molecule has 30 heavy (non-hydrogen) atoms. The van der Waals surface area contributed by atoms with Crippen LogP contribution in [0.2, 0.25) is 0 Å². The molecule has 9 heteroatoms. The molecule has 0 saturated carbocycles. The molecule has 2 aromatic carbocycles. The van der Waals surface area contributed by atoms with Gasteiger partial charge in [0.1, 0.15) is 6.61 Å². The molecular weight excluding hydrogens is 407 g/mol. The highest BCUT2D eigenvalue weighted by atomic mass is 19.4. The van der Waals surface area contributed by atoms with E-state index in [2.05, 4.69) is 4.99 Å². The number of hydrogen-bond donors (Lipinski definition) is 0. The van der Waals surface area contributed by atoms with Gasteiger partial charge in [-0.1, -0.05) is 12.1 Å². The zero-order valence-electron chi connectivity index (χ0n) is 16.9. The third kappa shape index (κ3) is 5.34. The monoisotopic (exact) mass is 428 g/mol. The van der Waals surface area contributed by atoms with E-state index in [4.69, 9.17) is 4.74 Å². The number of aryl methyl sites for hydroxylation is 2. The molecule has 4 nitrogen and oxygen atoms in total. The van der Waals surface area contributed by atoms with E-state index in [1.165, 1.54) is 32.3 Å². The average molecular weight is 428 g/mol. The van der Waals surface area contributed by atoms with Crippen LogP contribution in [-0.2, 0) is 17.5 Å². The summed E-state index contributed by atoms with van der Waals surface area (Å²) in [6.07, 6.45) is -3.46. The third-order valence-electron chi connectivity index (χ3n) is 4.47.